The smallest absolute Gasteiger partial charge is 0.216 e. The lowest BCUT2D eigenvalue weighted by Gasteiger charge is -2.34. The Kier molecular flexibility index (Phi) is 5.58. The van der Waals surface area contributed by atoms with Gasteiger partial charge in [0.2, 0.25) is 10.0 Å². The van der Waals surface area contributed by atoms with E-state index in [1.165, 1.54) is 11.6 Å². The number of halogens is 2. The van der Waals surface area contributed by atoms with E-state index >= 15 is 0 Å². The van der Waals surface area contributed by atoms with Gasteiger partial charge in [-0.2, -0.15) is 0 Å². The molecule has 0 radical (unpaired) electrons. The molecule has 0 aromatic heterocycles. The fourth-order valence-electron chi connectivity index (χ4n) is 3.22. The molecule has 1 fully saturated rings. The number of piperidine rings is 1. The fraction of sp³-hybridized carbons (Fsp3) is 0.368. The molecule has 1 aliphatic rings. The summed E-state index contributed by atoms with van der Waals surface area (Å²) in [5.41, 5.74) is 2.29. The number of hydrogen-bond donors (Lipinski definition) is 1. The van der Waals surface area contributed by atoms with E-state index in [9.17, 15) is 17.2 Å². The molecule has 2 aromatic carbocycles. The van der Waals surface area contributed by atoms with Crippen LogP contribution in [0.15, 0.2) is 42.5 Å². The van der Waals surface area contributed by atoms with Gasteiger partial charge >= 0.3 is 0 Å². The summed E-state index contributed by atoms with van der Waals surface area (Å²) in [5, 5.41) is 0. The van der Waals surface area contributed by atoms with Crippen molar-refractivity contribution in [3.8, 4) is 0 Å². The van der Waals surface area contributed by atoms with Gasteiger partial charge in [-0.25, -0.2) is 21.9 Å². The summed E-state index contributed by atoms with van der Waals surface area (Å²) < 4.78 is 53.9. The van der Waals surface area contributed by atoms with Crippen molar-refractivity contribution in [1.82, 2.24) is 4.72 Å². The number of nitrogens with one attached hydrogen (secondary N) is 1. The normalized spacial score (nSPS) is 16.0. The van der Waals surface area contributed by atoms with E-state index in [1.54, 1.807) is 0 Å². The second-order valence-electron chi connectivity index (χ2n) is 6.71. The lowest BCUT2D eigenvalue weighted by molar-refractivity contribution is 0.459. The van der Waals surface area contributed by atoms with Crippen molar-refractivity contribution in [3.05, 3.63) is 65.2 Å². The second kappa shape index (κ2) is 7.72. The van der Waals surface area contributed by atoms with Crippen molar-refractivity contribution in [2.24, 2.45) is 0 Å². The van der Waals surface area contributed by atoms with Crippen LogP contribution in [0.3, 0.4) is 0 Å². The predicted molar refractivity (Wildman–Crippen MR) is 98.5 cm³/mol. The van der Waals surface area contributed by atoms with E-state index in [-0.39, 0.29) is 11.6 Å². The number of nitrogens with zero attached hydrogens (tertiary/aromatic N) is 1. The first-order chi connectivity index (χ1) is 12.3. The molecule has 0 amide bonds. The summed E-state index contributed by atoms with van der Waals surface area (Å²) in [4.78, 5) is 2.23. The monoisotopic (exact) mass is 380 g/mol. The minimum absolute atomic E-state index is 0.0314. The molecule has 140 valence electrons. The van der Waals surface area contributed by atoms with Crippen LogP contribution < -0.4 is 9.62 Å². The van der Waals surface area contributed by atoms with E-state index in [1.807, 2.05) is 19.1 Å². The Morgan fingerprint density at radius 3 is 2.50 bits per heavy atom. The van der Waals surface area contributed by atoms with Crippen LogP contribution >= 0.6 is 0 Å². The van der Waals surface area contributed by atoms with Gasteiger partial charge in [-0.3, -0.25) is 0 Å². The van der Waals surface area contributed by atoms with E-state index in [2.05, 4.69) is 21.8 Å². The second-order valence-corrected chi connectivity index (χ2v) is 8.47. The van der Waals surface area contributed by atoms with Crippen LogP contribution in [0.25, 0.3) is 0 Å². The SMILES string of the molecule is Cc1cccc(N2CCC(NS(=O)(=O)Cc3ccc(F)cc3F)CC2)c1. The molecule has 0 saturated carbocycles. The van der Waals surface area contributed by atoms with E-state index in [4.69, 9.17) is 0 Å². The zero-order valence-corrected chi connectivity index (χ0v) is 15.4. The summed E-state index contributed by atoms with van der Waals surface area (Å²) in [6.45, 7) is 3.54. The highest BCUT2D eigenvalue weighted by Gasteiger charge is 2.24. The fourth-order valence-corrected chi connectivity index (χ4v) is 4.69. The lowest BCUT2D eigenvalue weighted by atomic mass is 10.1. The van der Waals surface area contributed by atoms with Crippen molar-refractivity contribution >= 4 is 15.7 Å². The zero-order valence-electron chi connectivity index (χ0n) is 14.6. The van der Waals surface area contributed by atoms with Gasteiger partial charge in [-0.05, 0) is 43.5 Å². The van der Waals surface area contributed by atoms with Gasteiger partial charge in [0.1, 0.15) is 11.6 Å². The van der Waals surface area contributed by atoms with Gasteiger partial charge in [0, 0.05) is 36.4 Å². The van der Waals surface area contributed by atoms with Gasteiger partial charge in [-0.1, -0.05) is 18.2 Å². The number of aryl methyl sites for hydroxylation is 1. The van der Waals surface area contributed by atoms with Crippen LogP contribution in [0, 0.1) is 18.6 Å². The summed E-state index contributed by atoms with van der Waals surface area (Å²) in [6, 6.07) is 11.0. The number of rotatable bonds is 5. The van der Waals surface area contributed by atoms with Crippen LogP contribution in [0.1, 0.15) is 24.0 Å². The van der Waals surface area contributed by atoms with E-state index < -0.39 is 27.4 Å². The Labute approximate surface area is 152 Å². The number of sulfonamides is 1. The Balaban J connectivity index is 1.58. The minimum atomic E-state index is -3.69. The highest BCUT2D eigenvalue weighted by molar-refractivity contribution is 7.88. The molecule has 4 nitrogen and oxygen atoms in total. The van der Waals surface area contributed by atoms with Crippen molar-refractivity contribution in [3.63, 3.8) is 0 Å². The Morgan fingerprint density at radius 1 is 1.12 bits per heavy atom. The molecule has 0 aliphatic carbocycles. The molecule has 1 N–H and O–H groups in total. The lowest BCUT2D eigenvalue weighted by Crippen LogP contribution is -2.45. The average Bonchev–Trinajstić information content (AvgIpc) is 2.58. The van der Waals surface area contributed by atoms with Crippen molar-refractivity contribution in [2.45, 2.75) is 31.6 Å². The largest absolute Gasteiger partial charge is 0.371 e. The Bertz CT molecular complexity index is 879. The quantitative estimate of drug-likeness (QED) is 0.865. The first-order valence-corrected chi connectivity index (χ1v) is 10.2. The van der Waals surface area contributed by atoms with Crippen LogP contribution in [-0.4, -0.2) is 27.5 Å². The third-order valence-electron chi connectivity index (χ3n) is 4.57. The Morgan fingerprint density at radius 2 is 1.85 bits per heavy atom. The highest BCUT2D eigenvalue weighted by atomic mass is 32.2. The van der Waals surface area contributed by atoms with Crippen molar-refractivity contribution in [1.29, 1.82) is 0 Å². The number of anilines is 1. The maximum atomic E-state index is 13.7. The van der Waals surface area contributed by atoms with Crippen LogP contribution in [0.2, 0.25) is 0 Å². The predicted octanol–water partition coefficient (Wildman–Crippen LogP) is 3.36. The van der Waals surface area contributed by atoms with Crippen LogP contribution in [0.5, 0.6) is 0 Å². The molecule has 0 spiro atoms. The third-order valence-corrected chi connectivity index (χ3v) is 5.95. The van der Waals surface area contributed by atoms with Gasteiger partial charge in [-0.15, -0.1) is 0 Å². The standard InChI is InChI=1S/C19H22F2N2O2S/c1-14-3-2-4-18(11-14)23-9-7-17(8-10-23)22-26(24,25)13-15-5-6-16(20)12-19(15)21/h2-6,11-12,17,22H,7-10,13H2,1H3. The average molecular weight is 380 g/mol. The number of benzene rings is 2. The van der Waals surface area contributed by atoms with Gasteiger partial charge < -0.3 is 4.90 Å². The molecule has 7 heteroatoms. The van der Waals surface area contributed by atoms with Gasteiger partial charge in [0.15, 0.2) is 0 Å². The first kappa shape index (κ1) is 18.8. The molecule has 1 aliphatic heterocycles. The summed E-state index contributed by atoms with van der Waals surface area (Å²) in [5.74, 6) is -2.05. The third kappa shape index (κ3) is 4.80. The van der Waals surface area contributed by atoms with Crippen LogP contribution in [0.4, 0.5) is 14.5 Å². The maximum absolute atomic E-state index is 13.7. The summed E-state index contributed by atoms with van der Waals surface area (Å²) >= 11 is 0. The molecule has 1 heterocycles. The van der Waals surface area contributed by atoms with Crippen LogP contribution in [-0.2, 0) is 15.8 Å². The molecule has 0 atom stereocenters. The maximum Gasteiger partial charge on any atom is 0.216 e. The zero-order chi connectivity index (χ0) is 18.7. The molecule has 26 heavy (non-hydrogen) atoms. The molecule has 2 aromatic rings. The molecule has 3 rings (SSSR count). The highest BCUT2D eigenvalue weighted by Crippen LogP contribution is 2.22. The summed E-state index contributed by atoms with van der Waals surface area (Å²) in [7, 11) is -3.69. The van der Waals surface area contributed by atoms with Gasteiger partial charge in [0.25, 0.3) is 0 Å². The number of hydrogen-bond acceptors (Lipinski definition) is 3. The molecule has 0 bridgehead atoms. The Hall–Kier alpha value is -1.99. The van der Waals surface area contributed by atoms with E-state index in [0.29, 0.717) is 18.9 Å². The van der Waals surface area contributed by atoms with Crippen molar-refractivity contribution < 1.29 is 17.2 Å². The van der Waals surface area contributed by atoms with Crippen molar-refractivity contribution in [2.75, 3.05) is 18.0 Å². The first-order valence-electron chi connectivity index (χ1n) is 8.58. The molecule has 0 unspecified atom stereocenters. The molecular weight excluding hydrogens is 358 g/mol. The van der Waals surface area contributed by atoms with E-state index in [0.717, 1.165) is 24.8 Å². The molecular formula is C19H22F2N2O2S. The summed E-state index contributed by atoms with van der Waals surface area (Å²) in [6.07, 6.45) is 1.36. The molecule has 1 saturated heterocycles. The minimum Gasteiger partial charge on any atom is -0.371 e. The topological polar surface area (TPSA) is 49.4 Å². The van der Waals surface area contributed by atoms with Gasteiger partial charge in [0.05, 0.1) is 5.75 Å².